The van der Waals surface area contributed by atoms with Gasteiger partial charge in [0.05, 0.1) is 6.61 Å². The van der Waals surface area contributed by atoms with Crippen molar-refractivity contribution in [1.29, 1.82) is 0 Å². The second-order valence-corrected chi connectivity index (χ2v) is 3.22. The summed E-state index contributed by atoms with van der Waals surface area (Å²) in [5, 5.41) is 0. The number of hydrogen-bond acceptors (Lipinski definition) is 3. The van der Waals surface area contributed by atoms with Crippen molar-refractivity contribution in [2.75, 3.05) is 6.61 Å². The van der Waals surface area contributed by atoms with Gasteiger partial charge in [0.15, 0.2) is 0 Å². The number of allylic oxidation sites excluding steroid dienone is 2. The molecule has 1 amide bonds. The third-order valence-electron chi connectivity index (χ3n) is 1.99. The fourth-order valence-electron chi connectivity index (χ4n) is 0.931. The lowest BCUT2D eigenvalue weighted by atomic mass is 10.1. The highest BCUT2D eigenvalue weighted by Gasteiger charge is 2.06. The maximum absolute atomic E-state index is 11.2. The molecule has 0 bridgehead atoms. The number of nitrogens with two attached hydrogens (primary N) is 1. The van der Waals surface area contributed by atoms with E-state index in [4.69, 9.17) is 10.5 Å². The van der Waals surface area contributed by atoms with Crippen molar-refractivity contribution in [3.63, 3.8) is 0 Å². The van der Waals surface area contributed by atoms with E-state index in [1.807, 2.05) is 0 Å². The van der Waals surface area contributed by atoms with Crippen LogP contribution in [0.1, 0.15) is 27.7 Å². The second kappa shape index (κ2) is 6.01. The van der Waals surface area contributed by atoms with E-state index in [1.165, 1.54) is 0 Å². The summed E-state index contributed by atoms with van der Waals surface area (Å²) in [5.41, 5.74) is 6.68. The Kier molecular flexibility index (Phi) is 5.37. The number of primary amides is 1. The van der Waals surface area contributed by atoms with Gasteiger partial charge in [-0.3, -0.25) is 4.79 Å². The minimum absolute atomic E-state index is 0.335. The number of hydrogen-bond donors (Lipinski definition) is 1. The minimum atomic E-state index is -0.486. The fourth-order valence-corrected chi connectivity index (χ4v) is 0.931. The molecule has 0 unspecified atom stereocenters. The molecule has 0 saturated heterocycles. The van der Waals surface area contributed by atoms with Gasteiger partial charge in [0.25, 0.3) is 0 Å². The van der Waals surface area contributed by atoms with Crippen molar-refractivity contribution in [3.8, 4) is 0 Å². The van der Waals surface area contributed by atoms with Crippen molar-refractivity contribution in [3.05, 3.63) is 22.8 Å². The molecular weight excluding hydrogens is 194 g/mol. The van der Waals surface area contributed by atoms with Crippen LogP contribution in [0.15, 0.2) is 22.8 Å². The molecule has 0 radical (unpaired) electrons. The molecule has 0 saturated carbocycles. The molecule has 0 rings (SSSR count). The first kappa shape index (κ1) is 13.4. The van der Waals surface area contributed by atoms with Gasteiger partial charge in [-0.1, -0.05) is 0 Å². The first-order valence-corrected chi connectivity index (χ1v) is 4.72. The van der Waals surface area contributed by atoms with Crippen molar-refractivity contribution in [2.24, 2.45) is 5.73 Å². The van der Waals surface area contributed by atoms with Crippen LogP contribution in [0.2, 0.25) is 0 Å². The van der Waals surface area contributed by atoms with E-state index in [-0.39, 0.29) is 5.97 Å². The molecule has 0 atom stereocenters. The van der Waals surface area contributed by atoms with Crippen molar-refractivity contribution in [2.45, 2.75) is 27.7 Å². The lowest BCUT2D eigenvalue weighted by Gasteiger charge is -2.03. The van der Waals surface area contributed by atoms with Crippen LogP contribution in [0, 0.1) is 0 Å². The summed E-state index contributed by atoms with van der Waals surface area (Å²) >= 11 is 0. The molecule has 0 spiro atoms. The summed E-state index contributed by atoms with van der Waals surface area (Å²) in [7, 11) is 0. The molecule has 0 fully saturated rings. The highest BCUT2D eigenvalue weighted by atomic mass is 16.5. The average molecular weight is 211 g/mol. The number of rotatable bonds is 4. The Bertz CT molecular complexity index is 327. The van der Waals surface area contributed by atoms with Crippen LogP contribution >= 0.6 is 0 Å². The standard InChI is InChI=1S/C11H17NO3/c1-5-15-11(14)8(3)6-7(2)9(4)10(12)13/h6H,5H2,1-4H3,(H2,12,13)/b8-6+,9-7-. The Morgan fingerprint density at radius 3 is 2.20 bits per heavy atom. The lowest BCUT2D eigenvalue weighted by Crippen LogP contribution is -2.13. The maximum Gasteiger partial charge on any atom is 0.333 e. The number of amides is 1. The van der Waals surface area contributed by atoms with Gasteiger partial charge in [-0.25, -0.2) is 4.79 Å². The van der Waals surface area contributed by atoms with E-state index in [9.17, 15) is 9.59 Å². The normalized spacial score (nSPS) is 13.2. The van der Waals surface area contributed by atoms with E-state index in [2.05, 4.69) is 0 Å². The van der Waals surface area contributed by atoms with Gasteiger partial charge >= 0.3 is 5.97 Å². The third-order valence-corrected chi connectivity index (χ3v) is 1.99. The highest BCUT2D eigenvalue weighted by molar-refractivity contribution is 5.93. The SMILES string of the molecule is CCOC(=O)/C(C)=C/C(C)=C(/C)C(N)=O. The van der Waals surface area contributed by atoms with Crippen molar-refractivity contribution < 1.29 is 14.3 Å². The summed E-state index contributed by atoms with van der Waals surface area (Å²) in [6.45, 7) is 7.05. The molecule has 15 heavy (non-hydrogen) atoms. The molecular formula is C11H17NO3. The van der Waals surface area contributed by atoms with Crippen LogP contribution in [0.4, 0.5) is 0 Å². The summed E-state index contributed by atoms with van der Waals surface area (Å²) in [6, 6.07) is 0. The molecule has 0 aromatic carbocycles. The van der Waals surface area contributed by atoms with Gasteiger partial charge in [-0.15, -0.1) is 0 Å². The van der Waals surface area contributed by atoms with Gasteiger partial charge in [0.1, 0.15) is 0 Å². The predicted octanol–water partition coefficient (Wildman–Crippen LogP) is 1.32. The van der Waals surface area contributed by atoms with E-state index in [1.54, 1.807) is 33.8 Å². The van der Waals surface area contributed by atoms with Gasteiger partial charge in [-0.2, -0.15) is 0 Å². The summed E-state index contributed by atoms with van der Waals surface area (Å²) < 4.78 is 4.80. The molecule has 84 valence electrons. The molecule has 0 aliphatic carbocycles. The largest absolute Gasteiger partial charge is 0.463 e. The smallest absolute Gasteiger partial charge is 0.333 e. The summed E-state index contributed by atoms with van der Waals surface area (Å²) in [6.07, 6.45) is 1.60. The lowest BCUT2D eigenvalue weighted by molar-refractivity contribution is -0.138. The van der Waals surface area contributed by atoms with Crippen LogP contribution in [-0.2, 0) is 14.3 Å². The van der Waals surface area contributed by atoms with Crippen molar-refractivity contribution >= 4 is 11.9 Å². The summed E-state index contributed by atoms with van der Waals surface area (Å²) in [4.78, 5) is 22.1. The highest BCUT2D eigenvalue weighted by Crippen LogP contribution is 2.08. The van der Waals surface area contributed by atoms with Gasteiger partial charge in [-0.05, 0) is 39.3 Å². The average Bonchev–Trinajstić information content (AvgIpc) is 2.16. The maximum atomic E-state index is 11.2. The van der Waals surface area contributed by atoms with Crippen LogP contribution in [0.5, 0.6) is 0 Å². The predicted molar refractivity (Wildman–Crippen MR) is 58.0 cm³/mol. The Morgan fingerprint density at radius 1 is 1.27 bits per heavy atom. The molecule has 0 aromatic rings. The Hall–Kier alpha value is -1.58. The topological polar surface area (TPSA) is 69.4 Å². The number of carbonyl (C=O) groups is 2. The zero-order valence-corrected chi connectivity index (χ0v) is 9.59. The molecule has 4 heteroatoms. The zero-order valence-electron chi connectivity index (χ0n) is 9.59. The third kappa shape index (κ3) is 4.44. The molecule has 0 heterocycles. The number of carbonyl (C=O) groups excluding carboxylic acids is 2. The summed E-state index contributed by atoms with van der Waals surface area (Å²) in [5.74, 6) is -0.866. The fraction of sp³-hybridized carbons (Fsp3) is 0.455. The molecule has 0 aliphatic rings. The quantitative estimate of drug-likeness (QED) is 0.433. The zero-order chi connectivity index (χ0) is 12.0. The first-order chi connectivity index (χ1) is 6.90. The van der Waals surface area contributed by atoms with Gasteiger partial charge in [0.2, 0.25) is 5.91 Å². The van der Waals surface area contributed by atoms with Crippen LogP contribution < -0.4 is 5.73 Å². The molecule has 4 nitrogen and oxygen atoms in total. The van der Waals surface area contributed by atoms with Gasteiger partial charge < -0.3 is 10.5 Å². The van der Waals surface area contributed by atoms with E-state index in [0.717, 1.165) is 0 Å². The number of esters is 1. The van der Waals surface area contributed by atoms with Crippen LogP contribution in [0.25, 0.3) is 0 Å². The van der Waals surface area contributed by atoms with Crippen LogP contribution in [-0.4, -0.2) is 18.5 Å². The Balaban J connectivity index is 4.83. The van der Waals surface area contributed by atoms with E-state index >= 15 is 0 Å². The van der Waals surface area contributed by atoms with E-state index < -0.39 is 5.91 Å². The Labute approximate surface area is 89.8 Å². The monoisotopic (exact) mass is 211 g/mol. The second-order valence-electron chi connectivity index (χ2n) is 3.22. The molecule has 0 aromatic heterocycles. The van der Waals surface area contributed by atoms with Crippen molar-refractivity contribution in [1.82, 2.24) is 0 Å². The first-order valence-electron chi connectivity index (χ1n) is 4.72. The van der Waals surface area contributed by atoms with Gasteiger partial charge in [0, 0.05) is 11.1 Å². The molecule has 2 N–H and O–H groups in total. The Morgan fingerprint density at radius 2 is 1.80 bits per heavy atom. The van der Waals surface area contributed by atoms with Crippen LogP contribution in [0.3, 0.4) is 0 Å². The number of ether oxygens (including phenoxy) is 1. The van der Waals surface area contributed by atoms with E-state index in [0.29, 0.717) is 23.3 Å². The molecule has 0 aliphatic heterocycles. The minimum Gasteiger partial charge on any atom is -0.463 e.